The first-order valence-electron chi connectivity index (χ1n) is 6.96. The maximum Gasteiger partial charge on any atom is 0.251 e. The molecule has 0 spiro atoms. The van der Waals surface area contributed by atoms with Crippen molar-refractivity contribution in [1.82, 2.24) is 15.3 Å². The van der Waals surface area contributed by atoms with Gasteiger partial charge >= 0.3 is 0 Å². The van der Waals surface area contributed by atoms with E-state index in [9.17, 15) is 4.79 Å². The van der Waals surface area contributed by atoms with Gasteiger partial charge in [-0.3, -0.25) is 4.79 Å². The molecule has 2 rings (SSSR count). The number of rotatable bonds is 5. The number of carbonyl (C=O) groups is 1. The van der Waals surface area contributed by atoms with Gasteiger partial charge in [0, 0.05) is 25.9 Å². The third-order valence-corrected chi connectivity index (χ3v) is 3.18. The van der Waals surface area contributed by atoms with Gasteiger partial charge in [-0.25, -0.2) is 9.97 Å². The lowest BCUT2D eigenvalue weighted by atomic mass is 10.1. The van der Waals surface area contributed by atoms with Gasteiger partial charge in [-0.15, -0.1) is 0 Å². The highest BCUT2D eigenvalue weighted by atomic mass is 16.1. The molecular weight excluding hydrogens is 264 g/mol. The highest BCUT2D eigenvalue weighted by Gasteiger charge is 2.07. The van der Waals surface area contributed by atoms with Crippen LogP contribution in [0.2, 0.25) is 0 Å². The molecule has 2 aromatic rings. The first-order valence-corrected chi connectivity index (χ1v) is 6.96. The Morgan fingerprint density at radius 1 is 1.19 bits per heavy atom. The molecule has 110 valence electrons. The van der Waals surface area contributed by atoms with Crippen molar-refractivity contribution < 1.29 is 4.79 Å². The van der Waals surface area contributed by atoms with Crippen molar-refractivity contribution in [3.05, 3.63) is 53.5 Å². The molecule has 0 aliphatic heterocycles. The Kier molecular flexibility index (Phi) is 4.87. The fourth-order valence-corrected chi connectivity index (χ4v) is 1.88. The molecule has 0 aliphatic carbocycles. The van der Waals surface area contributed by atoms with E-state index in [1.807, 2.05) is 49.3 Å². The Labute approximate surface area is 125 Å². The van der Waals surface area contributed by atoms with E-state index in [-0.39, 0.29) is 5.91 Å². The summed E-state index contributed by atoms with van der Waals surface area (Å²) in [4.78, 5) is 22.5. The van der Waals surface area contributed by atoms with Crippen molar-refractivity contribution in [3.63, 3.8) is 0 Å². The lowest BCUT2D eigenvalue weighted by molar-refractivity contribution is 0.0950. The van der Waals surface area contributed by atoms with Crippen molar-refractivity contribution in [3.8, 4) is 0 Å². The van der Waals surface area contributed by atoms with Crippen LogP contribution in [0.15, 0.2) is 36.5 Å². The predicted molar refractivity (Wildman–Crippen MR) is 83.3 cm³/mol. The molecule has 0 saturated heterocycles. The summed E-state index contributed by atoms with van der Waals surface area (Å²) in [6.07, 6.45) is 2.66. The monoisotopic (exact) mass is 284 g/mol. The number of anilines is 1. The second-order valence-electron chi connectivity index (χ2n) is 4.96. The van der Waals surface area contributed by atoms with Crippen LogP contribution >= 0.6 is 0 Å². The van der Waals surface area contributed by atoms with E-state index in [1.165, 1.54) is 5.56 Å². The number of amides is 1. The maximum absolute atomic E-state index is 12.1. The predicted octanol–water partition coefficient (Wildman–Crippen LogP) is 2.04. The molecule has 1 N–H and O–H groups in total. The summed E-state index contributed by atoms with van der Waals surface area (Å²) in [6, 6.07) is 9.45. The van der Waals surface area contributed by atoms with E-state index in [0.717, 1.165) is 12.2 Å². The van der Waals surface area contributed by atoms with Crippen molar-refractivity contribution in [2.75, 3.05) is 19.0 Å². The third-order valence-electron chi connectivity index (χ3n) is 3.18. The maximum atomic E-state index is 12.1. The summed E-state index contributed by atoms with van der Waals surface area (Å²) in [5.41, 5.74) is 1.87. The molecule has 1 heterocycles. The van der Waals surface area contributed by atoms with Crippen molar-refractivity contribution in [2.24, 2.45) is 0 Å². The molecule has 1 amide bonds. The molecule has 0 bridgehead atoms. The van der Waals surface area contributed by atoms with Gasteiger partial charge in [0.1, 0.15) is 11.6 Å². The third kappa shape index (κ3) is 4.02. The summed E-state index contributed by atoms with van der Waals surface area (Å²) < 4.78 is 0. The molecule has 0 saturated carbocycles. The summed E-state index contributed by atoms with van der Waals surface area (Å²) in [6.45, 7) is 2.40. The largest absolute Gasteiger partial charge is 0.363 e. The quantitative estimate of drug-likeness (QED) is 0.912. The second kappa shape index (κ2) is 6.83. The molecule has 5 heteroatoms. The van der Waals surface area contributed by atoms with Gasteiger partial charge in [-0.1, -0.05) is 19.1 Å². The van der Waals surface area contributed by atoms with Crippen LogP contribution in [0.5, 0.6) is 0 Å². The fraction of sp³-hybridized carbons (Fsp3) is 0.312. The number of nitrogens with one attached hydrogen (secondary N) is 1. The molecule has 1 aromatic carbocycles. The van der Waals surface area contributed by atoms with E-state index in [0.29, 0.717) is 17.9 Å². The molecule has 0 radical (unpaired) electrons. The Morgan fingerprint density at radius 2 is 1.90 bits per heavy atom. The minimum atomic E-state index is -0.114. The molecule has 21 heavy (non-hydrogen) atoms. The molecule has 0 aliphatic rings. The van der Waals surface area contributed by atoms with E-state index >= 15 is 0 Å². The zero-order valence-corrected chi connectivity index (χ0v) is 12.6. The zero-order chi connectivity index (χ0) is 15.2. The Balaban J connectivity index is 1.98. The summed E-state index contributed by atoms with van der Waals surface area (Å²) in [5.74, 6) is 1.30. The Bertz CT molecular complexity index is 608. The van der Waals surface area contributed by atoms with Crippen LogP contribution < -0.4 is 10.2 Å². The van der Waals surface area contributed by atoms with Gasteiger partial charge in [0.05, 0.1) is 6.54 Å². The van der Waals surface area contributed by atoms with Gasteiger partial charge in [0.25, 0.3) is 5.91 Å². The molecule has 0 unspecified atom stereocenters. The highest BCUT2D eigenvalue weighted by Crippen LogP contribution is 2.07. The fourth-order valence-electron chi connectivity index (χ4n) is 1.88. The minimum Gasteiger partial charge on any atom is -0.363 e. The number of hydrogen-bond acceptors (Lipinski definition) is 4. The molecule has 1 aromatic heterocycles. The van der Waals surface area contributed by atoms with Crippen LogP contribution in [-0.4, -0.2) is 30.0 Å². The van der Waals surface area contributed by atoms with Crippen molar-refractivity contribution in [2.45, 2.75) is 19.9 Å². The number of aromatic nitrogens is 2. The summed E-state index contributed by atoms with van der Waals surface area (Å²) in [7, 11) is 3.83. The summed E-state index contributed by atoms with van der Waals surface area (Å²) >= 11 is 0. The van der Waals surface area contributed by atoms with Crippen LogP contribution in [0.25, 0.3) is 0 Å². The van der Waals surface area contributed by atoms with Gasteiger partial charge in [0.15, 0.2) is 0 Å². The average molecular weight is 284 g/mol. The lowest BCUT2D eigenvalue weighted by Crippen LogP contribution is -2.24. The van der Waals surface area contributed by atoms with Crippen LogP contribution in [0.4, 0.5) is 5.82 Å². The number of carbonyl (C=O) groups excluding carboxylic acids is 1. The lowest BCUT2D eigenvalue weighted by Gasteiger charge is -2.12. The van der Waals surface area contributed by atoms with Gasteiger partial charge in [-0.2, -0.15) is 0 Å². The van der Waals surface area contributed by atoms with Crippen LogP contribution in [0, 0.1) is 0 Å². The van der Waals surface area contributed by atoms with Crippen molar-refractivity contribution >= 4 is 11.7 Å². The van der Waals surface area contributed by atoms with Gasteiger partial charge in [-0.05, 0) is 30.2 Å². The molecule has 0 atom stereocenters. The van der Waals surface area contributed by atoms with E-state index in [4.69, 9.17) is 0 Å². The number of hydrogen-bond donors (Lipinski definition) is 1. The molecule has 0 fully saturated rings. The Hall–Kier alpha value is -2.43. The van der Waals surface area contributed by atoms with Gasteiger partial charge < -0.3 is 10.2 Å². The standard InChI is InChI=1S/C16H20N4O/c1-4-12-5-7-13(8-6-12)16(21)18-11-14-17-10-9-15(19-14)20(2)3/h5-10H,4,11H2,1-3H3,(H,18,21). The second-order valence-corrected chi connectivity index (χ2v) is 4.96. The summed E-state index contributed by atoms with van der Waals surface area (Å²) in [5, 5.41) is 2.84. The zero-order valence-electron chi connectivity index (χ0n) is 12.6. The molecule has 5 nitrogen and oxygen atoms in total. The average Bonchev–Trinajstić information content (AvgIpc) is 2.53. The smallest absolute Gasteiger partial charge is 0.251 e. The number of aryl methyl sites for hydroxylation is 1. The van der Waals surface area contributed by atoms with Crippen LogP contribution in [-0.2, 0) is 13.0 Å². The number of nitrogens with zero attached hydrogens (tertiary/aromatic N) is 3. The van der Waals surface area contributed by atoms with Crippen molar-refractivity contribution in [1.29, 1.82) is 0 Å². The Morgan fingerprint density at radius 3 is 2.52 bits per heavy atom. The SMILES string of the molecule is CCc1ccc(C(=O)NCc2nccc(N(C)C)n2)cc1. The molecular formula is C16H20N4O. The van der Waals surface area contributed by atoms with Crippen LogP contribution in [0.1, 0.15) is 28.7 Å². The minimum absolute atomic E-state index is 0.114. The highest BCUT2D eigenvalue weighted by molar-refractivity contribution is 5.94. The normalized spacial score (nSPS) is 10.2. The first-order chi connectivity index (χ1) is 10.1. The first kappa shape index (κ1) is 15.0. The van der Waals surface area contributed by atoms with Gasteiger partial charge in [0.2, 0.25) is 0 Å². The van der Waals surface area contributed by atoms with E-state index in [2.05, 4.69) is 22.2 Å². The topological polar surface area (TPSA) is 58.1 Å². The van der Waals surface area contributed by atoms with E-state index in [1.54, 1.807) is 6.20 Å². The number of benzene rings is 1. The van der Waals surface area contributed by atoms with Crippen LogP contribution in [0.3, 0.4) is 0 Å². The van der Waals surface area contributed by atoms with E-state index < -0.39 is 0 Å².